The fraction of sp³-hybridized carbons (Fsp3) is 0.233. The third-order valence-electron chi connectivity index (χ3n) is 6.17. The Balaban J connectivity index is 1.46. The number of amides is 1. The number of carbonyl (C=O) groups is 1. The molecule has 1 aromatic heterocycles. The molecule has 0 aliphatic heterocycles. The minimum absolute atomic E-state index is 0.0749. The van der Waals surface area contributed by atoms with Gasteiger partial charge in [-0.2, -0.15) is 0 Å². The molecule has 4 rings (SSSR count). The highest BCUT2D eigenvalue weighted by Crippen LogP contribution is 2.25. The smallest absolute Gasteiger partial charge is 0.261 e. The molecule has 0 aliphatic rings. The number of thiophene rings is 1. The number of aliphatic hydroxyl groups excluding tert-OH is 1. The Morgan fingerprint density at radius 1 is 0.892 bits per heavy atom. The lowest BCUT2D eigenvalue weighted by Gasteiger charge is -2.25. The fourth-order valence-corrected chi connectivity index (χ4v) is 5.03. The van der Waals surface area contributed by atoms with Gasteiger partial charge in [-0.15, -0.1) is 11.3 Å². The van der Waals surface area contributed by atoms with Gasteiger partial charge in [0.05, 0.1) is 17.0 Å². The normalized spacial score (nSPS) is 12.8. The van der Waals surface area contributed by atoms with Crippen LogP contribution in [-0.2, 0) is 19.4 Å². The highest BCUT2D eigenvalue weighted by Gasteiger charge is 2.24. The van der Waals surface area contributed by atoms with Gasteiger partial charge in [0, 0.05) is 19.2 Å². The van der Waals surface area contributed by atoms with E-state index in [0.29, 0.717) is 17.0 Å². The minimum Gasteiger partial charge on any atom is -0.390 e. The Hall–Kier alpha value is -3.39. The summed E-state index contributed by atoms with van der Waals surface area (Å²) in [6.45, 7) is 2.83. The van der Waals surface area contributed by atoms with Gasteiger partial charge in [0.15, 0.2) is 0 Å². The highest BCUT2D eigenvalue weighted by molar-refractivity contribution is 7.12. The zero-order valence-electron chi connectivity index (χ0n) is 20.6. The average Bonchev–Trinajstić information content (AvgIpc) is 3.39. The second-order valence-corrected chi connectivity index (χ2v) is 9.91. The van der Waals surface area contributed by atoms with E-state index in [0.717, 1.165) is 29.2 Å². The molecule has 4 nitrogen and oxygen atoms in total. The second-order valence-electron chi connectivity index (χ2n) is 9.00. The van der Waals surface area contributed by atoms with Gasteiger partial charge in [0.1, 0.15) is 11.6 Å². The molecule has 192 valence electrons. The summed E-state index contributed by atoms with van der Waals surface area (Å²) in [5, 5.41) is 19.0. The summed E-state index contributed by atoms with van der Waals surface area (Å²) < 4.78 is 27.6. The Morgan fingerprint density at radius 3 is 2.35 bits per heavy atom. The molecular weight excluding hydrogens is 490 g/mol. The van der Waals surface area contributed by atoms with Gasteiger partial charge >= 0.3 is 0 Å². The van der Waals surface area contributed by atoms with Crippen LogP contribution in [0.25, 0.3) is 11.1 Å². The highest BCUT2D eigenvalue weighted by atomic mass is 32.1. The van der Waals surface area contributed by atoms with Crippen molar-refractivity contribution in [1.82, 2.24) is 10.6 Å². The van der Waals surface area contributed by atoms with Crippen molar-refractivity contribution < 1.29 is 18.7 Å². The molecule has 2 unspecified atom stereocenters. The molecule has 3 aromatic carbocycles. The van der Waals surface area contributed by atoms with Crippen LogP contribution >= 0.6 is 11.3 Å². The van der Waals surface area contributed by atoms with Crippen molar-refractivity contribution in [3.63, 3.8) is 0 Å². The largest absolute Gasteiger partial charge is 0.390 e. The Kier molecular flexibility index (Phi) is 9.17. The summed E-state index contributed by atoms with van der Waals surface area (Å²) in [5.41, 5.74) is 4.60. The first-order chi connectivity index (χ1) is 17.9. The van der Waals surface area contributed by atoms with Gasteiger partial charge in [-0.3, -0.25) is 4.79 Å². The number of hydrogen-bond acceptors (Lipinski definition) is 4. The first-order valence-electron chi connectivity index (χ1n) is 12.3. The van der Waals surface area contributed by atoms with Crippen LogP contribution in [0.3, 0.4) is 0 Å². The molecule has 0 fully saturated rings. The molecular formula is C30H30F2N2O2S. The predicted octanol–water partition coefficient (Wildman–Crippen LogP) is 5.75. The molecule has 0 bridgehead atoms. The van der Waals surface area contributed by atoms with Crippen molar-refractivity contribution in [3.8, 4) is 11.1 Å². The maximum absolute atomic E-state index is 13.8. The van der Waals surface area contributed by atoms with Crippen LogP contribution in [0.4, 0.5) is 8.78 Å². The lowest BCUT2D eigenvalue weighted by molar-refractivity contribution is 0.0833. The van der Waals surface area contributed by atoms with E-state index in [9.17, 15) is 18.7 Å². The average molecular weight is 521 g/mol. The van der Waals surface area contributed by atoms with E-state index in [1.807, 2.05) is 47.8 Å². The van der Waals surface area contributed by atoms with Gasteiger partial charge < -0.3 is 15.7 Å². The monoisotopic (exact) mass is 520 g/mol. The molecule has 0 aliphatic carbocycles. The van der Waals surface area contributed by atoms with Crippen LogP contribution in [0.1, 0.15) is 33.3 Å². The Bertz CT molecular complexity index is 1310. The van der Waals surface area contributed by atoms with Crippen molar-refractivity contribution in [3.05, 3.63) is 117 Å². The lowest BCUT2D eigenvalue weighted by atomic mass is 10.00. The van der Waals surface area contributed by atoms with Gasteiger partial charge in [0.2, 0.25) is 0 Å². The molecule has 0 saturated heterocycles. The summed E-state index contributed by atoms with van der Waals surface area (Å²) >= 11 is 1.31. The molecule has 0 spiro atoms. The summed E-state index contributed by atoms with van der Waals surface area (Å²) in [5.74, 6) is -1.74. The zero-order chi connectivity index (χ0) is 26.2. The summed E-state index contributed by atoms with van der Waals surface area (Å²) in [6.07, 6.45) is 0.0211. The summed E-state index contributed by atoms with van der Waals surface area (Å²) in [4.78, 5) is 13.6. The van der Waals surface area contributed by atoms with Crippen molar-refractivity contribution in [2.24, 2.45) is 0 Å². The van der Waals surface area contributed by atoms with Crippen molar-refractivity contribution >= 4 is 17.2 Å². The van der Waals surface area contributed by atoms with Gasteiger partial charge in [-0.1, -0.05) is 61.5 Å². The SMILES string of the molecule is CCc1cccc(CNCC(O)C(Cc2cc(F)cc(F)c2)NC(=O)c2cc(-c3ccccc3)cs2)c1. The van der Waals surface area contributed by atoms with Crippen LogP contribution in [0.5, 0.6) is 0 Å². The van der Waals surface area contributed by atoms with Crippen LogP contribution < -0.4 is 10.6 Å². The van der Waals surface area contributed by atoms with E-state index in [2.05, 4.69) is 29.7 Å². The topological polar surface area (TPSA) is 61.4 Å². The van der Waals surface area contributed by atoms with E-state index < -0.39 is 23.8 Å². The third-order valence-corrected chi connectivity index (χ3v) is 7.10. The first kappa shape index (κ1) is 26.7. The number of halogens is 2. The quantitative estimate of drug-likeness (QED) is 0.236. The first-order valence-corrected chi connectivity index (χ1v) is 13.2. The van der Waals surface area contributed by atoms with Crippen molar-refractivity contribution in [1.29, 1.82) is 0 Å². The molecule has 1 heterocycles. The molecule has 4 aromatic rings. The molecule has 1 amide bonds. The van der Waals surface area contributed by atoms with E-state index >= 15 is 0 Å². The van der Waals surface area contributed by atoms with Crippen LogP contribution in [0.2, 0.25) is 0 Å². The van der Waals surface area contributed by atoms with E-state index in [1.165, 1.54) is 29.0 Å². The number of nitrogens with one attached hydrogen (secondary N) is 2. The molecule has 37 heavy (non-hydrogen) atoms. The van der Waals surface area contributed by atoms with Crippen molar-refractivity contribution in [2.45, 2.75) is 38.5 Å². The van der Waals surface area contributed by atoms with Gasteiger partial charge in [0.25, 0.3) is 5.91 Å². The summed E-state index contributed by atoms with van der Waals surface area (Å²) in [6, 6.07) is 22.2. The molecule has 7 heteroatoms. The molecule has 3 N–H and O–H groups in total. The van der Waals surface area contributed by atoms with Crippen LogP contribution in [0, 0.1) is 11.6 Å². The maximum atomic E-state index is 13.8. The zero-order valence-corrected chi connectivity index (χ0v) is 21.4. The molecule has 0 radical (unpaired) electrons. The van der Waals surface area contributed by atoms with Crippen LogP contribution in [0.15, 0.2) is 84.2 Å². The fourth-order valence-electron chi connectivity index (χ4n) is 4.21. The number of rotatable bonds is 11. The van der Waals surface area contributed by atoms with E-state index in [-0.39, 0.29) is 18.9 Å². The number of carbonyl (C=O) groups excluding carboxylic acids is 1. The minimum atomic E-state index is -0.988. The lowest BCUT2D eigenvalue weighted by Crippen LogP contribution is -2.48. The standard InChI is InChI=1S/C30H30F2N2O2S/c1-2-20-7-6-8-21(11-20)17-33-18-28(35)27(14-22-12-25(31)16-26(32)13-22)34-30(36)29-15-24(19-37-29)23-9-4-3-5-10-23/h3-13,15-16,19,27-28,33,35H,2,14,17-18H2,1H3,(H,34,36). The van der Waals surface area contributed by atoms with Gasteiger partial charge in [-0.25, -0.2) is 8.78 Å². The number of hydrogen-bond donors (Lipinski definition) is 3. The number of aliphatic hydroxyl groups is 1. The van der Waals surface area contributed by atoms with E-state index in [1.54, 1.807) is 6.07 Å². The second kappa shape index (κ2) is 12.7. The third kappa shape index (κ3) is 7.55. The number of aryl methyl sites for hydroxylation is 1. The Morgan fingerprint density at radius 2 is 1.62 bits per heavy atom. The maximum Gasteiger partial charge on any atom is 0.261 e. The Labute approximate surface area is 220 Å². The number of benzene rings is 3. The molecule has 0 saturated carbocycles. The van der Waals surface area contributed by atoms with E-state index in [4.69, 9.17) is 0 Å². The predicted molar refractivity (Wildman–Crippen MR) is 145 cm³/mol. The summed E-state index contributed by atoms with van der Waals surface area (Å²) in [7, 11) is 0. The van der Waals surface area contributed by atoms with Crippen LogP contribution in [-0.4, -0.2) is 29.7 Å². The van der Waals surface area contributed by atoms with Gasteiger partial charge in [-0.05, 0) is 64.2 Å². The molecule has 2 atom stereocenters. The van der Waals surface area contributed by atoms with Crippen molar-refractivity contribution in [2.75, 3.05) is 6.54 Å².